The molecule has 1 aliphatic heterocycles. The van der Waals surface area contributed by atoms with E-state index in [9.17, 15) is 4.39 Å². The number of rotatable bonds is 4. The maximum atomic E-state index is 13.4. The summed E-state index contributed by atoms with van der Waals surface area (Å²) in [5.41, 5.74) is 8.24. The summed E-state index contributed by atoms with van der Waals surface area (Å²) in [6, 6.07) is 5.78. The number of hydrogen-bond acceptors (Lipinski definition) is 2. The van der Waals surface area contributed by atoms with Crippen LogP contribution in [0.3, 0.4) is 0 Å². The number of halogens is 1. The van der Waals surface area contributed by atoms with Gasteiger partial charge in [0.15, 0.2) is 0 Å². The zero-order valence-electron chi connectivity index (χ0n) is 11.3. The highest BCUT2D eigenvalue weighted by Gasteiger charge is 2.23. The normalized spacial score (nSPS) is 21.3. The van der Waals surface area contributed by atoms with Crippen molar-refractivity contribution in [3.05, 3.63) is 29.6 Å². The first-order chi connectivity index (χ1) is 8.61. The molecule has 0 aliphatic carbocycles. The second-order valence-electron chi connectivity index (χ2n) is 5.33. The van der Waals surface area contributed by atoms with Crippen LogP contribution in [0, 0.1) is 5.82 Å². The summed E-state index contributed by atoms with van der Waals surface area (Å²) >= 11 is 0. The smallest absolute Gasteiger partial charge is 0.123 e. The predicted octanol–water partition coefficient (Wildman–Crippen LogP) is 3.09. The van der Waals surface area contributed by atoms with E-state index in [1.54, 1.807) is 12.1 Å². The average Bonchev–Trinajstić information content (AvgIpc) is 2.75. The summed E-state index contributed by atoms with van der Waals surface area (Å²) in [7, 11) is 0. The Balaban J connectivity index is 2.28. The van der Waals surface area contributed by atoms with Gasteiger partial charge in [-0.3, -0.25) is 0 Å². The maximum absolute atomic E-state index is 13.4. The number of anilines is 1. The standard InChI is InChI=1S/C15H23FN2/c1-3-14(17)10-12-9-13(16)6-7-15(12)18-8-4-5-11(18)2/h6-7,9,11,14H,3-5,8,10,17H2,1-2H3. The molecule has 0 aromatic heterocycles. The minimum absolute atomic E-state index is 0.114. The minimum Gasteiger partial charge on any atom is -0.369 e. The fourth-order valence-electron chi connectivity index (χ4n) is 2.72. The molecule has 18 heavy (non-hydrogen) atoms. The number of nitrogens with two attached hydrogens (primary N) is 1. The van der Waals surface area contributed by atoms with E-state index in [0.717, 1.165) is 24.9 Å². The highest BCUT2D eigenvalue weighted by Crippen LogP contribution is 2.30. The highest BCUT2D eigenvalue weighted by atomic mass is 19.1. The molecule has 1 heterocycles. The Hall–Kier alpha value is -1.09. The van der Waals surface area contributed by atoms with Gasteiger partial charge in [-0.05, 0) is 56.4 Å². The van der Waals surface area contributed by atoms with Crippen LogP contribution in [0.2, 0.25) is 0 Å². The van der Waals surface area contributed by atoms with Gasteiger partial charge in [0, 0.05) is 24.3 Å². The molecule has 2 atom stereocenters. The monoisotopic (exact) mass is 250 g/mol. The van der Waals surface area contributed by atoms with E-state index in [1.807, 2.05) is 6.07 Å². The fraction of sp³-hybridized carbons (Fsp3) is 0.600. The van der Waals surface area contributed by atoms with E-state index < -0.39 is 0 Å². The molecule has 1 saturated heterocycles. The van der Waals surface area contributed by atoms with Crippen LogP contribution in [0.25, 0.3) is 0 Å². The van der Waals surface area contributed by atoms with Crippen molar-refractivity contribution in [1.82, 2.24) is 0 Å². The van der Waals surface area contributed by atoms with Gasteiger partial charge in [-0.15, -0.1) is 0 Å². The zero-order chi connectivity index (χ0) is 13.1. The molecule has 1 aromatic rings. The Morgan fingerprint density at radius 3 is 2.89 bits per heavy atom. The molecule has 2 rings (SSSR count). The van der Waals surface area contributed by atoms with Crippen LogP contribution in [0.4, 0.5) is 10.1 Å². The maximum Gasteiger partial charge on any atom is 0.123 e. The molecule has 2 nitrogen and oxygen atoms in total. The lowest BCUT2D eigenvalue weighted by Crippen LogP contribution is -2.29. The molecule has 0 saturated carbocycles. The number of benzene rings is 1. The third kappa shape index (κ3) is 2.83. The Labute approximate surface area is 109 Å². The third-order valence-electron chi connectivity index (χ3n) is 3.91. The summed E-state index contributed by atoms with van der Waals surface area (Å²) in [5, 5.41) is 0. The predicted molar refractivity (Wildman–Crippen MR) is 74.4 cm³/mol. The Kier molecular flexibility index (Phi) is 4.23. The van der Waals surface area contributed by atoms with Gasteiger partial charge < -0.3 is 10.6 Å². The lowest BCUT2D eigenvalue weighted by molar-refractivity contribution is 0.612. The van der Waals surface area contributed by atoms with Gasteiger partial charge in [0.25, 0.3) is 0 Å². The SMILES string of the molecule is CCC(N)Cc1cc(F)ccc1N1CCCC1C. The van der Waals surface area contributed by atoms with E-state index in [0.29, 0.717) is 6.04 Å². The molecule has 3 heteroatoms. The third-order valence-corrected chi connectivity index (χ3v) is 3.91. The second-order valence-corrected chi connectivity index (χ2v) is 5.33. The molecule has 2 N–H and O–H groups in total. The van der Waals surface area contributed by atoms with Crippen molar-refractivity contribution in [2.45, 2.75) is 51.6 Å². The van der Waals surface area contributed by atoms with Crippen molar-refractivity contribution < 1.29 is 4.39 Å². The summed E-state index contributed by atoms with van der Waals surface area (Å²) < 4.78 is 13.4. The number of nitrogens with zero attached hydrogens (tertiary/aromatic N) is 1. The van der Waals surface area contributed by atoms with Crippen LogP contribution in [-0.2, 0) is 6.42 Å². The van der Waals surface area contributed by atoms with Gasteiger partial charge in [-0.2, -0.15) is 0 Å². The minimum atomic E-state index is -0.163. The summed E-state index contributed by atoms with van der Waals surface area (Å²) in [6.45, 7) is 5.38. The van der Waals surface area contributed by atoms with Gasteiger partial charge in [-0.25, -0.2) is 4.39 Å². The molecular weight excluding hydrogens is 227 g/mol. The molecule has 0 radical (unpaired) electrons. The van der Waals surface area contributed by atoms with E-state index in [2.05, 4.69) is 18.7 Å². The molecule has 2 unspecified atom stereocenters. The summed E-state index contributed by atoms with van der Waals surface area (Å²) in [6.07, 6.45) is 4.12. The Morgan fingerprint density at radius 1 is 1.50 bits per heavy atom. The first-order valence-electron chi connectivity index (χ1n) is 6.92. The Morgan fingerprint density at radius 2 is 2.28 bits per heavy atom. The number of hydrogen-bond donors (Lipinski definition) is 1. The van der Waals surface area contributed by atoms with Crippen molar-refractivity contribution in [3.8, 4) is 0 Å². The van der Waals surface area contributed by atoms with E-state index >= 15 is 0 Å². The van der Waals surface area contributed by atoms with Crippen molar-refractivity contribution in [2.75, 3.05) is 11.4 Å². The van der Waals surface area contributed by atoms with Crippen LogP contribution in [-0.4, -0.2) is 18.6 Å². The van der Waals surface area contributed by atoms with E-state index in [4.69, 9.17) is 5.73 Å². The van der Waals surface area contributed by atoms with Crippen molar-refractivity contribution in [2.24, 2.45) is 5.73 Å². The zero-order valence-corrected chi connectivity index (χ0v) is 11.3. The molecule has 0 spiro atoms. The quantitative estimate of drug-likeness (QED) is 0.889. The van der Waals surface area contributed by atoms with Gasteiger partial charge in [0.05, 0.1) is 0 Å². The highest BCUT2D eigenvalue weighted by molar-refractivity contribution is 5.55. The molecule has 1 fully saturated rings. The molecule has 0 amide bonds. The van der Waals surface area contributed by atoms with Gasteiger partial charge in [0.1, 0.15) is 5.82 Å². The van der Waals surface area contributed by atoms with Crippen molar-refractivity contribution >= 4 is 5.69 Å². The van der Waals surface area contributed by atoms with Crippen LogP contribution in [0.15, 0.2) is 18.2 Å². The molecule has 100 valence electrons. The van der Waals surface area contributed by atoms with E-state index in [1.165, 1.54) is 18.5 Å². The molecule has 0 bridgehead atoms. The van der Waals surface area contributed by atoms with Crippen LogP contribution in [0.1, 0.15) is 38.7 Å². The fourth-order valence-corrected chi connectivity index (χ4v) is 2.72. The summed E-state index contributed by atoms with van der Waals surface area (Å²) in [4.78, 5) is 2.39. The molecule has 1 aliphatic rings. The largest absolute Gasteiger partial charge is 0.369 e. The van der Waals surface area contributed by atoms with Crippen molar-refractivity contribution in [1.29, 1.82) is 0 Å². The summed E-state index contributed by atoms with van der Waals surface area (Å²) in [5.74, 6) is -0.163. The second kappa shape index (κ2) is 5.70. The lowest BCUT2D eigenvalue weighted by atomic mass is 10.0. The van der Waals surface area contributed by atoms with Crippen LogP contribution in [0.5, 0.6) is 0 Å². The first kappa shape index (κ1) is 13.3. The first-order valence-corrected chi connectivity index (χ1v) is 6.92. The van der Waals surface area contributed by atoms with Gasteiger partial charge in [-0.1, -0.05) is 6.92 Å². The van der Waals surface area contributed by atoms with E-state index in [-0.39, 0.29) is 11.9 Å². The molecule has 1 aromatic carbocycles. The van der Waals surface area contributed by atoms with Gasteiger partial charge in [0.2, 0.25) is 0 Å². The van der Waals surface area contributed by atoms with Crippen molar-refractivity contribution in [3.63, 3.8) is 0 Å². The topological polar surface area (TPSA) is 29.3 Å². The van der Waals surface area contributed by atoms with Crippen LogP contribution < -0.4 is 10.6 Å². The lowest BCUT2D eigenvalue weighted by Gasteiger charge is -2.27. The molecular formula is C15H23FN2. The Bertz CT molecular complexity index is 405. The average molecular weight is 250 g/mol. The van der Waals surface area contributed by atoms with Gasteiger partial charge >= 0.3 is 0 Å². The van der Waals surface area contributed by atoms with Crippen LogP contribution >= 0.6 is 0 Å².